The third-order valence-corrected chi connectivity index (χ3v) is 2.89. The predicted octanol–water partition coefficient (Wildman–Crippen LogP) is 3.34. The fraction of sp³-hybridized carbons (Fsp3) is 0.250. The summed E-state index contributed by atoms with van der Waals surface area (Å²) in [6.07, 6.45) is 0.828. The van der Waals surface area contributed by atoms with Crippen molar-refractivity contribution in [2.24, 2.45) is 0 Å². The van der Waals surface area contributed by atoms with Gasteiger partial charge in [-0.25, -0.2) is 0 Å². The van der Waals surface area contributed by atoms with Crippen LogP contribution >= 0.6 is 23.2 Å². The van der Waals surface area contributed by atoms with Gasteiger partial charge < -0.3 is 15.2 Å². The fourth-order valence-corrected chi connectivity index (χ4v) is 1.59. The van der Waals surface area contributed by atoms with Crippen LogP contribution < -0.4 is 15.2 Å². The highest BCUT2D eigenvalue weighted by Crippen LogP contribution is 2.28. The second kappa shape index (κ2) is 6.58. The van der Waals surface area contributed by atoms with Crippen LogP contribution in [0, 0.1) is 0 Å². The van der Waals surface area contributed by atoms with E-state index in [1.165, 1.54) is 0 Å². The van der Waals surface area contributed by atoms with Crippen molar-refractivity contribution in [3.8, 4) is 17.8 Å². The van der Waals surface area contributed by atoms with Crippen molar-refractivity contribution in [2.45, 2.75) is 13.3 Å². The standard InChI is InChI=1S/C12H12Cl2N4O2/c1-2-5-19-11-16-10(15)17-12(18-11)20-7-3-4-8(13)9(14)6-7/h3-4,6H,2,5H2,1H3,(H2,15,16,17,18). The zero-order chi connectivity index (χ0) is 14.5. The van der Waals surface area contributed by atoms with Crippen LogP contribution in [0.1, 0.15) is 13.3 Å². The van der Waals surface area contributed by atoms with Gasteiger partial charge in [-0.3, -0.25) is 0 Å². The third kappa shape index (κ3) is 3.85. The molecule has 2 rings (SSSR count). The van der Waals surface area contributed by atoms with E-state index >= 15 is 0 Å². The number of anilines is 1. The van der Waals surface area contributed by atoms with Crippen LogP contribution in [0.4, 0.5) is 5.95 Å². The number of nitrogen functional groups attached to an aromatic ring is 1. The van der Waals surface area contributed by atoms with Crippen LogP contribution in [0.2, 0.25) is 10.0 Å². The number of ether oxygens (including phenoxy) is 2. The van der Waals surface area contributed by atoms with Crippen LogP contribution in [0.5, 0.6) is 17.8 Å². The van der Waals surface area contributed by atoms with Gasteiger partial charge in [-0.15, -0.1) is 4.98 Å². The lowest BCUT2D eigenvalue weighted by Gasteiger charge is -2.07. The molecule has 6 nitrogen and oxygen atoms in total. The maximum atomic E-state index is 5.90. The Balaban J connectivity index is 2.19. The van der Waals surface area contributed by atoms with Gasteiger partial charge in [0.2, 0.25) is 5.95 Å². The smallest absolute Gasteiger partial charge is 0.330 e. The average Bonchev–Trinajstić information content (AvgIpc) is 2.40. The van der Waals surface area contributed by atoms with E-state index < -0.39 is 0 Å². The number of hydrogen-bond acceptors (Lipinski definition) is 6. The van der Waals surface area contributed by atoms with Crippen molar-refractivity contribution in [1.29, 1.82) is 0 Å². The van der Waals surface area contributed by atoms with Gasteiger partial charge in [0.05, 0.1) is 16.7 Å². The summed E-state index contributed by atoms with van der Waals surface area (Å²) in [6, 6.07) is 4.95. The van der Waals surface area contributed by atoms with Crippen LogP contribution in [-0.2, 0) is 0 Å². The van der Waals surface area contributed by atoms with E-state index in [0.29, 0.717) is 22.4 Å². The summed E-state index contributed by atoms with van der Waals surface area (Å²) in [5, 5.41) is 0.801. The normalized spacial score (nSPS) is 10.3. The first kappa shape index (κ1) is 14.6. The first-order chi connectivity index (χ1) is 9.58. The molecule has 2 aromatic rings. The Bertz CT molecular complexity index is 610. The molecular weight excluding hydrogens is 303 g/mol. The van der Waals surface area contributed by atoms with Gasteiger partial charge in [-0.1, -0.05) is 30.1 Å². The average molecular weight is 315 g/mol. The summed E-state index contributed by atoms with van der Waals surface area (Å²) < 4.78 is 10.7. The largest absolute Gasteiger partial charge is 0.463 e. The number of hydrogen-bond donors (Lipinski definition) is 1. The number of aromatic nitrogens is 3. The topological polar surface area (TPSA) is 83.2 Å². The molecule has 1 aromatic carbocycles. The van der Waals surface area contributed by atoms with Crippen molar-refractivity contribution >= 4 is 29.2 Å². The molecule has 0 atom stereocenters. The second-order valence-corrected chi connectivity index (χ2v) is 4.60. The molecule has 0 aliphatic heterocycles. The zero-order valence-corrected chi connectivity index (χ0v) is 12.1. The Morgan fingerprint density at radius 1 is 1.10 bits per heavy atom. The van der Waals surface area contributed by atoms with Gasteiger partial charge in [-0.2, -0.15) is 9.97 Å². The SMILES string of the molecule is CCCOc1nc(N)nc(Oc2ccc(Cl)c(Cl)c2)n1. The van der Waals surface area contributed by atoms with Crippen LogP contribution in [0.15, 0.2) is 18.2 Å². The lowest BCUT2D eigenvalue weighted by Crippen LogP contribution is -2.05. The Hall–Kier alpha value is -1.79. The van der Waals surface area contributed by atoms with Crippen LogP contribution in [0.3, 0.4) is 0 Å². The molecule has 0 spiro atoms. The maximum absolute atomic E-state index is 5.90. The number of nitrogens with zero attached hydrogens (tertiary/aromatic N) is 3. The van der Waals surface area contributed by atoms with Crippen LogP contribution in [0.25, 0.3) is 0 Å². The van der Waals surface area contributed by atoms with Gasteiger partial charge in [-0.05, 0) is 18.6 Å². The number of rotatable bonds is 5. The van der Waals surface area contributed by atoms with Crippen LogP contribution in [-0.4, -0.2) is 21.6 Å². The fourth-order valence-electron chi connectivity index (χ4n) is 1.30. The first-order valence-electron chi connectivity index (χ1n) is 5.85. The first-order valence-corrected chi connectivity index (χ1v) is 6.61. The van der Waals surface area contributed by atoms with E-state index in [1.807, 2.05) is 6.92 Å². The van der Waals surface area contributed by atoms with Crippen molar-refractivity contribution in [3.05, 3.63) is 28.2 Å². The van der Waals surface area contributed by atoms with E-state index in [0.717, 1.165) is 6.42 Å². The molecule has 0 aliphatic carbocycles. The highest BCUT2D eigenvalue weighted by atomic mass is 35.5. The Kier molecular flexibility index (Phi) is 4.81. The molecule has 0 saturated heterocycles. The van der Waals surface area contributed by atoms with E-state index in [4.69, 9.17) is 38.4 Å². The molecule has 8 heteroatoms. The number of nitrogens with two attached hydrogens (primary N) is 1. The molecular formula is C12H12Cl2N4O2. The van der Waals surface area contributed by atoms with Crippen molar-refractivity contribution in [3.63, 3.8) is 0 Å². The summed E-state index contributed by atoms with van der Waals surface area (Å²) in [5.74, 6) is 0.451. The highest BCUT2D eigenvalue weighted by Gasteiger charge is 2.08. The van der Waals surface area contributed by atoms with E-state index in [9.17, 15) is 0 Å². The monoisotopic (exact) mass is 314 g/mol. The predicted molar refractivity (Wildman–Crippen MR) is 76.6 cm³/mol. The maximum Gasteiger partial charge on any atom is 0.330 e. The Labute approximate surface area is 125 Å². The molecule has 1 heterocycles. The van der Waals surface area contributed by atoms with Crippen molar-refractivity contribution < 1.29 is 9.47 Å². The molecule has 2 N–H and O–H groups in total. The molecule has 0 radical (unpaired) electrons. The highest BCUT2D eigenvalue weighted by molar-refractivity contribution is 6.42. The van der Waals surface area contributed by atoms with Gasteiger partial charge in [0, 0.05) is 6.07 Å². The summed E-state index contributed by atoms with van der Waals surface area (Å²) in [4.78, 5) is 11.7. The molecule has 0 bridgehead atoms. The molecule has 0 amide bonds. The van der Waals surface area contributed by atoms with E-state index in [-0.39, 0.29) is 18.0 Å². The summed E-state index contributed by atoms with van der Waals surface area (Å²) in [7, 11) is 0. The third-order valence-electron chi connectivity index (χ3n) is 2.15. The van der Waals surface area contributed by atoms with E-state index in [1.54, 1.807) is 18.2 Å². The lowest BCUT2D eigenvalue weighted by atomic mass is 10.3. The van der Waals surface area contributed by atoms with Gasteiger partial charge >= 0.3 is 12.0 Å². The lowest BCUT2D eigenvalue weighted by molar-refractivity contribution is 0.285. The molecule has 0 aliphatic rings. The molecule has 0 fully saturated rings. The summed E-state index contributed by atoms with van der Waals surface area (Å²) in [5.41, 5.74) is 5.57. The van der Waals surface area contributed by atoms with Gasteiger partial charge in [0.25, 0.3) is 0 Å². The minimum absolute atomic E-state index is 0.0150. The van der Waals surface area contributed by atoms with Crippen molar-refractivity contribution in [2.75, 3.05) is 12.3 Å². The number of benzene rings is 1. The quantitative estimate of drug-likeness (QED) is 0.911. The minimum Gasteiger partial charge on any atom is -0.463 e. The Morgan fingerprint density at radius 3 is 2.55 bits per heavy atom. The van der Waals surface area contributed by atoms with Gasteiger partial charge in [0.1, 0.15) is 5.75 Å². The molecule has 106 valence electrons. The second-order valence-electron chi connectivity index (χ2n) is 3.79. The molecule has 0 unspecified atom stereocenters. The molecule has 1 aromatic heterocycles. The summed E-state index contributed by atoms with van der Waals surface area (Å²) in [6.45, 7) is 2.45. The minimum atomic E-state index is 0.0150. The Morgan fingerprint density at radius 2 is 1.85 bits per heavy atom. The molecule has 0 saturated carbocycles. The summed E-state index contributed by atoms with van der Waals surface area (Å²) >= 11 is 11.7. The van der Waals surface area contributed by atoms with Gasteiger partial charge in [0.15, 0.2) is 0 Å². The number of halogens is 2. The van der Waals surface area contributed by atoms with E-state index in [2.05, 4.69) is 15.0 Å². The molecule has 20 heavy (non-hydrogen) atoms. The van der Waals surface area contributed by atoms with Crippen molar-refractivity contribution in [1.82, 2.24) is 15.0 Å². The zero-order valence-electron chi connectivity index (χ0n) is 10.6.